The quantitative estimate of drug-likeness (QED) is 0.0640. The molecule has 3 atom stereocenters. The highest BCUT2D eigenvalue weighted by Crippen LogP contribution is 2.54. The van der Waals surface area contributed by atoms with Crippen LogP contribution in [0.5, 0.6) is 0 Å². The molecule has 18 nitrogen and oxygen atoms in total. The van der Waals surface area contributed by atoms with Crippen molar-refractivity contribution in [1.82, 2.24) is 38.9 Å². The van der Waals surface area contributed by atoms with Gasteiger partial charge in [0.1, 0.15) is 35.1 Å². The maximum Gasteiger partial charge on any atom is 0.257 e. The van der Waals surface area contributed by atoms with E-state index in [1.807, 2.05) is 12.1 Å². The number of nitrogens with zero attached hydrogens (tertiary/aromatic N) is 10. The lowest BCUT2D eigenvalue weighted by atomic mass is 9.84. The molecule has 2 fully saturated rings. The molecule has 4 aromatic carbocycles. The fraction of sp³-hybridized carbons (Fsp3) is 0.297. The van der Waals surface area contributed by atoms with Gasteiger partial charge in [-0.15, -0.1) is 0 Å². The zero-order chi connectivity index (χ0) is 60.9. The average molecular weight is 1200 g/mol. The van der Waals surface area contributed by atoms with Crippen molar-refractivity contribution in [3.05, 3.63) is 235 Å². The molecule has 4 aromatic heterocycles. The number of ketones is 1. The monoisotopic (exact) mass is 1200 g/mol. The topological polar surface area (TPSA) is 246 Å². The van der Waals surface area contributed by atoms with Crippen molar-refractivity contribution < 1.29 is 48.0 Å². The minimum atomic E-state index is -1.77. The van der Waals surface area contributed by atoms with Gasteiger partial charge in [-0.05, 0) is 110 Å². The second-order valence-corrected chi connectivity index (χ2v) is 23.3. The van der Waals surface area contributed by atoms with Gasteiger partial charge < -0.3 is 33.9 Å². The van der Waals surface area contributed by atoms with Crippen LogP contribution in [-0.2, 0) is 53.7 Å². The number of aliphatic hydroxyl groups is 3. The highest BCUT2D eigenvalue weighted by molar-refractivity contribution is 6.30. The Bertz CT molecular complexity index is 4030. The predicted molar refractivity (Wildman–Crippen MR) is 307 cm³/mol. The smallest absolute Gasteiger partial charge is 0.257 e. The van der Waals surface area contributed by atoms with Crippen molar-refractivity contribution in [2.24, 2.45) is 24.9 Å². The van der Waals surface area contributed by atoms with E-state index in [0.717, 1.165) is 31.7 Å². The highest BCUT2D eigenvalue weighted by Gasteiger charge is 2.59. The Hall–Kier alpha value is -8.57. The van der Waals surface area contributed by atoms with Crippen LogP contribution in [0.25, 0.3) is 0 Å². The molecule has 6 heterocycles. The van der Waals surface area contributed by atoms with Gasteiger partial charge in [-0.1, -0.05) is 54.4 Å². The van der Waals surface area contributed by atoms with Gasteiger partial charge in [0.05, 0.1) is 103 Å². The Morgan fingerprint density at radius 1 is 0.663 bits per heavy atom. The van der Waals surface area contributed by atoms with Crippen molar-refractivity contribution in [3.63, 3.8) is 0 Å². The van der Waals surface area contributed by atoms with E-state index in [9.17, 15) is 40.2 Å². The van der Waals surface area contributed by atoms with Crippen LogP contribution < -0.4 is 0 Å². The van der Waals surface area contributed by atoms with E-state index in [1.165, 1.54) is 52.9 Å². The van der Waals surface area contributed by atoms with Gasteiger partial charge in [-0.3, -0.25) is 34.2 Å². The van der Waals surface area contributed by atoms with Gasteiger partial charge in [-0.2, -0.15) is 10.5 Å². The summed E-state index contributed by atoms with van der Waals surface area (Å²) in [5, 5.41) is 51.3. The number of aliphatic hydroxyl groups excluding tert-OH is 2. The molecule has 2 saturated carbocycles. The van der Waals surface area contributed by atoms with Gasteiger partial charge in [0.25, 0.3) is 11.8 Å². The number of imidazole rings is 2. The molecule has 2 aliphatic heterocycles. The number of halogens is 4. The first kappa shape index (κ1) is 59.2. The third-order valence-electron chi connectivity index (χ3n) is 16.7. The third-order valence-corrected chi connectivity index (χ3v) is 17.2. The summed E-state index contributed by atoms with van der Waals surface area (Å²) in [6.45, 7) is 1.44. The van der Waals surface area contributed by atoms with Crippen LogP contribution in [0.4, 0.5) is 8.78 Å². The van der Waals surface area contributed by atoms with Crippen molar-refractivity contribution in [3.8, 4) is 12.1 Å². The standard InChI is InChI=1S/C33H31ClFN5O4.C31H25ClFN5O4/c1-3-32(43,28-17-39(2)20-38-28)23-12-26-29(27(35)13-23)33(22-5-7-24(34)8-6-22,44-19-31(18-41)10-11-31)40(30(26)42)16-25-9-4-21(14-36)15-37-25;1-37-15-26(36-18-37)28(40)20-10-24-27(25(33)11-20)31(21-3-5-22(32)6-4-21,42-17-30(16-39)8-9-30)38(29(24)41)14-23-7-2-19(12-34)13-35-23/h4-9,12-13,15,17,20,41,43H,3,10-11,16,18-19H2,1-2H3;2-7,10-11,13,15,18,39H,8-9,14,16-17H2,1H3/t32?,33-;31-/m11/s1. The molecule has 1 unspecified atom stereocenters. The Kier molecular flexibility index (Phi) is 15.8. The first-order chi connectivity index (χ1) is 41.3. The fourth-order valence-corrected chi connectivity index (χ4v) is 11.4. The lowest BCUT2D eigenvalue weighted by Crippen LogP contribution is -2.48. The van der Waals surface area contributed by atoms with Gasteiger partial charge in [0.15, 0.2) is 11.4 Å². The van der Waals surface area contributed by atoms with Crippen LogP contribution in [-0.4, -0.2) is 98.2 Å². The number of aryl methyl sites for hydroxylation is 2. The van der Waals surface area contributed by atoms with E-state index in [4.69, 9.17) is 32.7 Å². The Morgan fingerprint density at radius 3 is 1.52 bits per heavy atom. The van der Waals surface area contributed by atoms with Gasteiger partial charge in [0.2, 0.25) is 5.78 Å². The molecule has 0 radical (unpaired) electrons. The summed E-state index contributed by atoms with van der Waals surface area (Å²) in [7, 11) is 3.48. The number of hydrogen-bond acceptors (Lipinski definition) is 14. The van der Waals surface area contributed by atoms with Crippen LogP contribution in [0.3, 0.4) is 0 Å². The van der Waals surface area contributed by atoms with Crippen LogP contribution in [0.1, 0.15) is 132 Å². The second-order valence-electron chi connectivity index (χ2n) is 22.4. The number of benzene rings is 4. The molecule has 438 valence electrons. The SMILES string of the molecule is CCC(O)(c1cc(F)c2c(c1)C(=O)N(Cc1ccc(C#N)cn1)[C@@]2(OCC1(CO)CC1)c1ccc(Cl)cc1)c1cn(C)cn1.Cn1cnc(C(=O)c2cc(F)c3c(c2)C(=O)N(Cc2ccc(C#N)cn2)[C@@]3(OCC2(CO)CC2)c2ccc(Cl)cc2)c1. The molecule has 0 saturated heterocycles. The summed E-state index contributed by atoms with van der Waals surface area (Å²) in [5.74, 6) is -3.19. The van der Waals surface area contributed by atoms with Gasteiger partial charge in [-0.25, -0.2) is 18.7 Å². The molecule has 2 amide bonds. The Balaban J connectivity index is 0.000000179. The molecule has 2 aliphatic carbocycles. The largest absolute Gasteiger partial charge is 0.396 e. The van der Waals surface area contributed by atoms with Gasteiger partial charge >= 0.3 is 0 Å². The summed E-state index contributed by atoms with van der Waals surface area (Å²) in [6.07, 6.45) is 12.1. The van der Waals surface area contributed by atoms with Crippen LogP contribution in [0.15, 0.2) is 135 Å². The normalized spacial score (nSPS) is 19.2. The van der Waals surface area contributed by atoms with Gasteiger partial charge in [0, 0.05) is 76.4 Å². The number of carbonyl (C=O) groups excluding carboxylic acids is 3. The Morgan fingerprint density at radius 2 is 1.13 bits per heavy atom. The minimum absolute atomic E-state index is 0.00423. The number of nitriles is 2. The maximum absolute atomic E-state index is 16.8. The minimum Gasteiger partial charge on any atom is -0.396 e. The average Bonchev–Trinajstić information content (AvgIpc) is 1.79. The summed E-state index contributed by atoms with van der Waals surface area (Å²) in [4.78, 5) is 61.9. The molecule has 3 N–H and O–H groups in total. The zero-order valence-corrected chi connectivity index (χ0v) is 48.4. The number of ether oxygens (including phenoxy) is 2. The second kappa shape index (κ2) is 23.0. The fourth-order valence-electron chi connectivity index (χ4n) is 11.1. The van der Waals surface area contributed by atoms with E-state index >= 15 is 8.78 Å². The summed E-state index contributed by atoms with van der Waals surface area (Å²) in [6, 6.07) is 28.9. The molecule has 12 rings (SSSR count). The number of amides is 2. The van der Waals surface area contributed by atoms with Crippen molar-refractivity contribution in [1.29, 1.82) is 10.5 Å². The van der Waals surface area contributed by atoms with Crippen molar-refractivity contribution in [2.75, 3.05) is 26.4 Å². The first-order valence-corrected chi connectivity index (χ1v) is 28.3. The molecule has 4 aliphatic rings. The number of carbonyl (C=O) groups is 3. The van der Waals surface area contributed by atoms with E-state index in [2.05, 4.69) is 19.9 Å². The van der Waals surface area contributed by atoms with Crippen LogP contribution in [0, 0.1) is 45.1 Å². The summed E-state index contributed by atoms with van der Waals surface area (Å²) >= 11 is 12.5. The molecule has 0 bridgehead atoms. The molecule has 0 spiro atoms. The molecule has 86 heavy (non-hydrogen) atoms. The lowest BCUT2D eigenvalue weighted by molar-refractivity contribution is -0.130. The van der Waals surface area contributed by atoms with E-state index in [1.54, 1.807) is 115 Å². The third kappa shape index (κ3) is 10.6. The van der Waals surface area contributed by atoms with Crippen LogP contribution in [0.2, 0.25) is 10.0 Å². The highest BCUT2D eigenvalue weighted by atomic mass is 35.5. The first-order valence-electron chi connectivity index (χ1n) is 27.6. The molecular weight excluding hydrogens is 1150 g/mol. The number of rotatable bonds is 19. The van der Waals surface area contributed by atoms with E-state index in [0.29, 0.717) is 49.4 Å². The summed E-state index contributed by atoms with van der Waals surface area (Å²) < 4.78 is 49.8. The molecular formula is C64H56Cl2F2N10O8. The number of hydrogen-bond donors (Lipinski definition) is 3. The predicted octanol–water partition coefficient (Wildman–Crippen LogP) is 9.13. The molecule has 8 aromatic rings. The Labute approximate surface area is 503 Å². The van der Waals surface area contributed by atoms with Crippen molar-refractivity contribution >= 4 is 40.8 Å². The zero-order valence-electron chi connectivity index (χ0n) is 46.8. The lowest BCUT2D eigenvalue weighted by Gasteiger charge is -2.40. The van der Waals surface area contributed by atoms with E-state index in [-0.39, 0.29) is 85.0 Å². The van der Waals surface area contributed by atoms with Crippen LogP contribution >= 0.6 is 23.2 Å². The van der Waals surface area contributed by atoms with Crippen molar-refractivity contribution in [2.45, 2.75) is 69.2 Å². The summed E-state index contributed by atoms with van der Waals surface area (Å²) in [5.41, 5.74) is -3.19. The maximum atomic E-state index is 16.8. The number of aromatic nitrogens is 6. The number of pyridine rings is 2. The number of fused-ring (bicyclic) bond motifs is 2. The molecule has 22 heteroatoms. The van der Waals surface area contributed by atoms with E-state index < -0.39 is 57.1 Å².